The van der Waals surface area contributed by atoms with E-state index in [1.807, 2.05) is 31.2 Å². The van der Waals surface area contributed by atoms with Crippen molar-refractivity contribution < 1.29 is 13.9 Å². The third-order valence-electron chi connectivity index (χ3n) is 6.04. The maximum atomic E-state index is 13.2. The number of pyridine rings is 1. The summed E-state index contributed by atoms with van der Waals surface area (Å²) in [6.45, 7) is 3.33. The van der Waals surface area contributed by atoms with Gasteiger partial charge in [0.05, 0.1) is 12.8 Å². The van der Waals surface area contributed by atoms with Crippen LogP contribution >= 0.6 is 0 Å². The molecule has 1 aromatic carbocycles. The maximum Gasteiger partial charge on any atom is 0.254 e. The van der Waals surface area contributed by atoms with Gasteiger partial charge in [0, 0.05) is 29.6 Å². The molecule has 5 heteroatoms. The summed E-state index contributed by atoms with van der Waals surface area (Å²) in [6.07, 6.45) is 6.37. The number of rotatable bonds is 4. The first kappa shape index (κ1) is 18.0. The van der Waals surface area contributed by atoms with Crippen LogP contribution in [0, 0.1) is 18.2 Å². The van der Waals surface area contributed by atoms with Crippen molar-refractivity contribution in [1.29, 1.82) is 0 Å². The molecular formula is C22H25FN2O2. The molecule has 0 radical (unpaired) electrons. The molecule has 2 aromatic rings. The smallest absolute Gasteiger partial charge is 0.254 e. The van der Waals surface area contributed by atoms with Gasteiger partial charge in [-0.25, -0.2) is 9.37 Å². The predicted molar refractivity (Wildman–Crippen MR) is 101 cm³/mol. The molecule has 4 rings (SSSR count). The zero-order chi connectivity index (χ0) is 18.9. The molecule has 2 unspecified atom stereocenters. The molecule has 1 saturated heterocycles. The number of hydrogen-bond acceptors (Lipinski definition) is 3. The van der Waals surface area contributed by atoms with Crippen molar-refractivity contribution in [3.05, 3.63) is 59.5 Å². The monoisotopic (exact) mass is 368 g/mol. The van der Waals surface area contributed by atoms with Crippen LogP contribution in [0.15, 0.2) is 42.6 Å². The van der Waals surface area contributed by atoms with Gasteiger partial charge in [-0.15, -0.1) is 0 Å². The highest BCUT2D eigenvalue weighted by Gasteiger charge is 2.50. The van der Waals surface area contributed by atoms with Crippen molar-refractivity contribution >= 4 is 5.91 Å². The van der Waals surface area contributed by atoms with E-state index in [1.165, 1.54) is 12.3 Å². The molecule has 0 spiro atoms. The summed E-state index contributed by atoms with van der Waals surface area (Å²) in [5.41, 5.74) is 1.83. The van der Waals surface area contributed by atoms with Crippen molar-refractivity contribution in [3.63, 3.8) is 0 Å². The number of fused-ring (bicyclic) bond motifs is 1. The fourth-order valence-corrected chi connectivity index (χ4v) is 4.75. The standard InChI is InChI=1S/C22H25FN2O2/c1-16-5-2-6-17(13-16)21(26)25-12-4-11-22(10-3-7-19(22)25)15-27-20-9-8-18(23)14-24-20/h2,5-6,8-9,13-14,19H,3-4,7,10-12,15H2,1H3. The summed E-state index contributed by atoms with van der Waals surface area (Å²) in [4.78, 5) is 19.2. The van der Waals surface area contributed by atoms with Gasteiger partial charge in [0.15, 0.2) is 0 Å². The summed E-state index contributed by atoms with van der Waals surface area (Å²) in [6, 6.07) is 10.9. The van der Waals surface area contributed by atoms with Crippen LogP contribution in [0.2, 0.25) is 0 Å². The first-order valence-corrected chi connectivity index (χ1v) is 9.69. The van der Waals surface area contributed by atoms with E-state index >= 15 is 0 Å². The van der Waals surface area contributed by atoms with Gasteiger partial charge >= 0.3 is 0 Å². The Hall–Kier alpha value is -2.43. The van der Waals surface area contributed by atoms with E-state index in [2.05, 4.69) is 9.88 Å². The molecule has 27 heavy (non-hydrogen) atoms. The molecule has 1 aliphatic heterocycles. The number of carbonyl (C=O) groups is 1. The minimum absolute atomic E-state index is 0.0339. The second-order valence-corrected chi connectivity index (χ2v) is 7.85. The normalized spacial score (nSPS) is 24.5. The second kappa shape index (κ2) is 7.29. The molecule has 0 bridgehead atoms. The quantitative estimate of drug-likeness (QED) is 0.804. The van der Waals surface area contributed by atoms with Crippen molar-refractivity contribution in [2.45, 2.75) is 45.1 Å². The zero-order valence-electron chi connectivity index (χ0n) is 15.7. The number of aromatic nitrogens is 1. The molecule has 1 aliphatic carbocycles. The number of aryl methyl sites for hydroxylation is 1. The molecule has 1 saturated carbocycles. The first-order valence-electron chi connectivity index (χ1n) is 9.69. The summed E-state index contributed by atoms with van der Waals surface area (Å²) in [5, 5.41) is 0. The highest BCUT2D eigenvalue weighted by atomic mass is 19.1. The topological polar surface area (TPSA) is 42.4 Å². The van der Waals surface area contributed by atoms with Gasteiger partial charge in [0.1, 0.15) is 5.82 Å². The minimum Gasteiger partial charge on any atom is -0.477 e. The molecule has 2 fully saturated rings. The van der Waals surface area contributed by atoms with Gasteiger partial charge in [-0.05, 0) is 50.8 Å². The molecule has 142 valence electrons. The van der Waals surface area contributed by atoms with Gasteiger partial charge in [-0.1, -0.05) is 24.1 Å². The Labute approximate surface area is 159 Å². The number of piperidine rings is 1. The van der Waals surface area contributed by atoms with E-state index in [9.17, 15) is 9.18 Å². The van der Waals surface area contributed by atoms with Gasteiger partial charge in [-0.3, -0.25) is 4.79 Å². The van der Waals surface area contributed by atoms with Crippen LogP contribution in [-0.2, 0) is 0 Å². The summed E-state index contributed by atoms with van der Waals surface area (Å²) in [5.74, 6) is 0.194. The number of benzene rings is 1. The van der Waals surface area contributed by atoms with Crippen LogP contribution in [0.5, 0.6) is 5.88 Å². The van der Waals surface area contributed by atoms with Crippen molar-refractivity contribution in [2.75, 3.05) is 13.2 Å². The van der Waals surface area contributed by atoms with Crippen LogP contribution in [0.4, 0.5) is 4.39 Å². The van der Waals surface area contributed by atoms with E-state index in [4.69, 9.17) is 4.74 Å². The minimum atomic E-state index is -0.369. The van der Waals surface area contributed by atoms with E-state index in [0.717, 1.165) is 49.8 Å². The second-order valence-electron chi connectivity index (χ2n) is 7.85. The Morgan fingerprint density at radius 1 is 1.30 bits per heavy atom. The summed E-state index contributed by atoms with van der Waals surface area (Å²) in [7, 11) is 0. The Kier molecular flexibility index (Phi) is 4.85. The van der Waals surface area contributed by atoms with Crippen LogP contribution in [0.1, 0.15) is 48.0 Å². The van der Waals surface area contributed by atoms with Crippen molar-refractivity contribution in [1.82, 2.24) is 9.88 Å². The SMILES string of the molecule is Cc1cccc(C(=O)N2CCCC3(COc4ccc(F)cn4)CCCC23)c1. The summed E-state index contributed by atoms with van der Waals surface area (Å²) >= 11 is 0. The Morgan fingerprint density at radius 3 is 2.93 bits per heavy atom. The molecule has 4 nitrogen and oxygen atoms in total. The zero-order valence-corrected chi connectivity index (χ0v) is 15.7. The number of carbonyl (C=O) groups excluding carboxylic acids is 1. The molecule has 1 aromatic heterocycles. The van der Waals surface area contributed by atoms with Crippen LogP contribution < -0.4 is 4.74 Å². The van der Waals surface area contributed by atoms with E-state index in [0.29, 0.717) is 12.5 Å². The third-order valence-corrected chi connectivity index (χ3v) is 6.04. The summed E-state index contributed by atoms with van der Waals surface area (Å²) < 4.78 is 19.0. The molecule has 2 heterocycles. The predicted octanol–water partition coefficient (Wildman–Crippen LogP) is 4.38. The highest BCUT2D eigenvalue weighted by Crippen LogP contribution is 2.48. The van der Waals surface area contributed by atoms with Gasteiger partial charge in [0.25, 0.3) is 5.91 Å². The molecule has 0 N–H and O–H groups in total. The first-order chi connectivity index (χ1) is 13.1. The third kappa shape index (κ3) is 3.55. The number of ether oxygens (including phenoxy) is 1. The Morgan fingerprint density at radius 2 is 2.15 bits per heavy atom. The van der Waals surface area contributed by atoms with E-state index < -0.39 is 0 Å². The van der Waals surface area contributed by atoms with Gasteiger partial charge in [-0.2, -0.15) is 0 Å². The number of likely N-dealkylation sites (tertiary alicyclic amines) is 1. The van der Waals surface area contributed by atoms with E-state index in [-0.39, 0.29) is 23.2 Å². The fourth-order valence-electron chi connectivity index (χ4n) is 4.75. The lowest BCUT2D eigenvalue weighted by Gasteiger charge is -2.46. The number of halogens is 1. The molecule has 1 amide bonds. The Balaban J connectivity index is 1.52. The number of amides is 1. The maximum absolute atomic E-state index is 13.2. The van der Waals surface area contributed by atoms with Gasteiger partial charge in [0.2, 0.25) is 5.88 Å². The highest BCUT2D eigenvalue weighted by molar-refractivity contribution is 5.94. The lowest BCUT2D eigenvalue weighted by molar-refractivity contribution is 0.00464. The average molecular weight is 368 g/mol. The molecule has 2 aliphatic rings. The van der Waals surface area contributed by atoms with E-state index in [1.54, 1.807) is 6.07 Å². The average Bonchev–Trinajstić information content (AvgIpc) is 3.11. The number of nitrogens with zero attached hydrogens (tertiary/aromatic N) is 2. The lowest BCUT2D eigenvalue weighted by atomic mass is 9.75. The van der Waals surface area contributed by atoms with Crippen molar-refractivity contribution in [3.8, 4) is 5.88 Å². The van der Waals surface area contributed by atoms with Crippen LogP contribution in [0.25, 0.3) is 0 Å². The van der Waals surface area contributed by atoms with Crippen LogP contribution in [-0.4, -0.2) is 35.0 Å². The Bertz CT molecular complexity index is 823. The molecule has 2 atom stereocenters. The van der Waals surface area contributed by atoms with Gasteiger partial charge < -0.3 is 9.64 Å². The fraction of sp³-hybridized carbons (Fsp3) is 0.455. The van der Waals surface area contributed by atoms with Crippen LogP contribution in [0.3, 0.4) is 0 Å². The number of hydrogen-bond donors (Lipinski definition) is 0. The largest absolute Gasteiger partial charge is 0.477 e. The lowest BCUT2D eigenvalue weighted by Crippen LogP contribution is -2.54. The van der Waals surface area contributed by atoms with Crippen molar-refractivity contribution in [2.24, 2.45) is 5.41 Å². The molecular weight excluding hydrogens is 343 g/mol.